The number of nitriles is 2. The first-order valence-corrected chi connectivity index (χ1v) is 18.0. The molecule has 0 aliphatic carbocycles. The summed E-state index contributed by atoms with van der Waals surface area (Å²) < 4.78 is 0. The maximum atomic E-state index is 9.73. The minimum atomic E-state index is 0.711. The summed E-state index contributed by atoms with van der Waals surface area (Å²) in [5.74, 6) is 0. The summed E-state index contributed by atoms with van der Waals surface area (Å²) in [5.41, 5.74) is 2.84. The van der Waals surface area contributed by atoms with Crippen molar-refractivity contribution in [2.75, 3.05) is 0 Å². The van der Waals surface area contributed by atoms with Crippen molar-refractivity contribution in [1.82, 2.24) is 0 Å². The van der Waals surface area contributed by atoms with Crippen molar-refractivity contribution in [3.63, 3.8) is 0 Å². The molecule has 5 rings (SSSR count). The van der Waals surface area contributed by atoms with Crippen molar-refractivity contribution in [3.8, 4) is 31.6 Å². The number of aryl methyl sites for hydroxylation is 1. The molecule has 0 saturated heterocycles. The van der Waals surface area contributed by atoms with Crippen LogP contribution in [0.1, 0.15) is 70.5 Å². The number of hydrogen-bond donors (Lipinski definition) is 0. The van der Waals surface area contributed by atoms with E-state index >= 15 is 0 Å². The van der Waals surface area contributed by atoms with Crippen LogP contribution in [-0.2, 0) is 6.42 Å². The van der Waals surface area contributed by atoms with Gasteiger partial charge in [-0.05, 0) is 83.8 Å². The lowest BCUT2D eigenvalue weighted by molar-refractivity contribution is 0.608. The zero-order valence-electron chi connectivity index (χ0n) is 22.9. The van der Waals surface area contributed by atoms with E-state index in [1.165, 1.54) is 63.6 Å². The van der Waals surface area contributed by atoms with E-state index in [1.807, 2.05) is 58.5 Å². The molecule has 2 nitrogen and oxygen atoms in total. The molecular weight excluding hydrogens is 597 g/mol. The molecule has 7 heteroatoms. The topological polar surface area (TPSA) is 47.6 Å². The fraction of sp³-hybridized carbons (Fsp3) is 0.235. The van der Waals surface area contributed by atoms with Crippen molar-refractivity contribution in [2.45, 2.75) is 51.9 Å². The van der Waals surface area contributed by atoms with Crippen molar-refractivity contribution in [2.24, 2.45) is 0 Å². The Morgan fingerprint density at radius 3 is 1.85 bits per heavy atom. The van der Waals surface area contributed by atoms with Crippen LogP contribution in [0, 0.1) is 22.7 Å². The molecule has 0 aliphatic heterocycles. The van der Waals surface area contributed by atoms with Gasteiger partial charge in [-0.25, -0.2) is 0 Å². The first kappa shape index (κ1) is 29.5. The van der Waals surface area contributed by atoms with Crippen LogP contribution in [0.2, 0.25) is 0 Å². The molecule has 0 fully saturated rings. The molecule has 0 spiro atoms. The van der Waals surface area contributed by atoms with Crippen LogP contribution < -0.4 is 0 Å². The first-order chi connectivity index (χ1) is 20.2. The first-order valence-electron chi connectivity index (χ1n) is 13.8. The van der Waals surface area contributed by atoms with Gasteiger partial charge >= 0.3 is 0 Å². The van der Waals surface area contributed by atoms with E-state index in [-0.39, 0.29) is 0 Å². The molecule has 5 aromatic rings. The van der Waals surface area contributed by atoms with Crippen molar-refractivity contribution >= 4 is 80.0 Å². The van der Waals surface area contributed by atoms with E-state index in [1.54, 1.807) is 45.3 Å². The SMILES string of the molecule is CCCCCCCCc1cc(-c2ccc(/C=C(\C#N)c3cccs3)s2)sc1-c1ccc(/C=C(\C#N)c2cccs2)s1. The quantitative estimate of drug-likeness (QED) is 0.0964. The van der Waals surface area contributed by atoms with Crippen LogP contribution in [0.3, 0.4) is 0 Å². The molecule has 5 aromatic heterocycles. The van der Waals surface area contributed by atoms with Crippen molar-refractivity contribution in [3.05, 3.63) is 90.4 Å². The highest BCUT2D eigenvalue weighted by atomic mass is 32.1. The largest absolute Gasteiger partial charge is 0.192 e. The second kappa shape index (κ2) is 14.7. The van der Waals surface area contributed by atoms with Gasteiger partial charge in [0.25, 0.3) is 0 Å². The Balaban J connectivity index is 1.42. The van der Waals surface area contributed by atoms with Crippen LogP contribution in [0.15, 0.2) is 65.4 Å². The van der Waals surface area contributed by atoms with Crippen LogP contribution in [0.4, 0.5) is 0 Å². The summed E-state index contributed by atoms with van der Waals surface area (Å²) in [6.07, 6.45) is 12.8. The molecular formula is C34H30N2S5. The van der Waals surface area contributed by atoms with E-state index in [2.05, 4.69) is 49.4 Å². The lowest BCUT2D eigenvalue weighted by atomic mass is 10.0. The Hall–Kier alpha value is -3.04. The Morgan fingerprint density at radius 2 is 1.27 bits per heavy atom. The third-order valence-corrected chi connectivity index (χ3v) is 12.1. The average molecular weight is 627 g/mol. The van der Waals surface area contributed by atoms with E-state index in [9.17, 15) is 10.5 Å². The standard InChI is InChI=1S/C34H30N2S5/c1-2-3-4-5-6-7-10-24-21-33(31-15-13-27(39-31)19-25(22-35)29-11-8-17-37-29)41-34(24)32-16-14-28(40-32)20-26(23-36)30-12-9-18-38-30/h8-9,11-21H,2-7,10H2,1H3/b25-19+,26-20+. The van der Waals surface area contributed by atoms with Gasteiger partial charge < -0.3 is 0 Å². The number of allylic oxidation sites excluding steroid dienone is 2. The molecule has 5 heterocycles. The Kier molecular flexibility index (Phi) is 10.6. The smallest absolute Gasteiger partial charge is 0.101 e. The summed E-state index contributed by atoms with van der Waals surface area (Å²) in [7, 11) is 0. The molecule has 0 aliphatic rings. The minimum Gasteiger partial charge on any atom is -0.192 e. The summed E-state index contributed by atoms with van der Waals surface area (Å²) in [5, 5.41) is 23.5. The monoisotopic (exact) mass is 626 g/mol. The van der Waals surface area contributed by atoms with Gasteiger partial charge in [0.2, 0.25) is 0 Å². The van der Waals surface area contributed by atoms with Crippen LogP contribution in [-0.4, -0.2) is 0 Å². The Labute approximate surface area is 262 Å². The van der Waals surface area contributed by atoms with Gasteiger partial charge in [0.1, 0.15) is 12.1 Å². The summed E-state index contributed by atoms with van der Waals surface area (Å²) in [6.45, 7) is 2.26. The van der Waals surface area contributed by atoms with E-state index in [0.29, 0.717) is 11.1 Å². The molecule has 0 N–H and O–H groups in total. The summed E-state index contributed by atoms with van der Waals surface area (Å²) in [6, 6.07) is 23.8. The third kappa shape index (κ3) is 7.63. The second-order valence-electron chi connectivity index (χ2n) is 9.68. The van der Waals surface area contributed by atoms with Gasteiger partial charge in [-0.2, -0.15) is 10.5 Å². The molecule has 0 aromatic carbocycles. The van der Waals surface area contributed by atoms with Gasteiger partial charge in [0.05, 0.1) is 11.1 Å². The molecule has 0 saturated carbocycles. The van der Waals surface area contributed by atoms with Crippen LogP contribution in [0.5, 0.6) is 0 Å². The Morgan fingerprint density at radius 1 is 0.683 bits per heavy atom. The zero-order valence-corrected chi connectivity index (χ0v) is 27.0. The molecule has 206 valence electrons. The molecule has 0 amide bonds. The predicted molar refractivity (Wildman–Crippen MR) is 184 cm³/mol. The number of thiophene rings is 5. The van der Waals surface area contributed by atoms with Crippen molar-refractivity contribution < 1.29 is 0 Å². The highest BCUT2D eigenvalue weighted by Crippen LogP contribution is 2.44. The second-order valence-corrected chi connectivity index (χ2v) is 14.9. The van der Waals surface area contributed by atoms with Gasteiger partial charge in [0.15, 0.2) is 0 Å². The van der Waals surface area contributed by atoms with E-state index < -0.39 is 0 Å². The number of rotatable bonds is 13. The molecule has 0 unspecified atom stereocenters. The lowest BCUT2D eigenvalue weighted by Crippen LogP contribution is -1.86. The predicted octanol–water partition coefficient (Wildman–Crippen LogP) is 12.4. The molecule has 0 atom stereocenters. The van der Waals surface area contributed by atoms with Gasteiger partial charge in [-0.15, -0.1) is 56.7 Å². The van der Waals surface area contributed by atoms with E-state index in [4.69, 9.17) is 0 Å². The highest BCUT2D eigenvalue weighted by molar-refractivity contribution is 7.27. The maximum Gasteiger partial charge on any atom is 0.101 e. The maximum absolute atomic E-state index is 9.73. The van der Waals surface area contributed by atoms with Gasteiger partial charge in [-0.3, -0.25) is 0 Å². The number of unbranched alkanes of at least 4 members (excludes halogenated alkanes) is 5. The van der Waals surface area contributed by atoms with Crippen molar-refractivity contribution in [1.29, 1.82) is 10.5 Å². The van der Waals surface area contributed by atoms with Crippen LogP contribution >= 0.6 is 56.7 Å². The summed E-state index contributed by atoms with van der Waals surface area (Å²) in [4.78, 5) is 9.33. The number of nitrogens with zero attached hydrogens (tertiary/aromatic N) is 2. The number of hydrogen-bond acceptors (Lipinski definition) is 7. The normalized spacial score (nSPS) is 12.0. The minimum absolute atomic E-state index is 0.711. The summed E-state index contributed by atoms with van der Waals surface area (Å²) >= 11 is 8.56. The fourth-order valence-corrected chi connectivity index (χ4v) is 9.34. The van der Waals surface area contributed by atoms with Crippen LogP contribution in [0.25, 0.3) is 42.8 Å². The fourth-order valence-electron chi connectivity index (χ4n) is 4.62. The molecule has 0 bridgehead atoms. The average Bonchev–Trinajstić information content (AvgIpc) is 3.82. The Bertz CT molecular complexity index is 1690. The van der Waals surface area contributed by atoms with E-state index in [0.717, 1.165) is 25.9 Å². The van der Waals surface area contributed by atoms with Gasteiger partial charge in [-0.1, -0.05) is 51.2 Å². The lowest BCUT2D eigenvalue weighted by Gasteiger charge is -2.03. The third-order valence-electron chi connectivity index (χ3n) is 6.72. The zero-order chi connectivity index (χ0) is 28.4. The molecule has 41 heavy (non-hydrogen) atoms. The highest BCUT2D eigenvalue weighted by Gasteiger charge is 2.16. The molecule has 0 radical (unpaired) electrons. The van der Waals surface area contributed by atoms with Gasteiger partial charge in [0, 0.05) is 39.0 Å².